The van der Waals surface area contributed by atoms with E-state index in [2.05, 4.69) is 27.7 Å². The van der Waals surface area contributed by atoms with Crippen molar-refractivity contribution in [3.63, 3.8) is 0 Å². The largest absolute Gasteiger partial charge is 0.462 e. The summed E-state index contributed by atoms with van der Waals surface area (Å²) in [5.74, 6) is 3.98. The Kier molecular flexibility index (Phi) is 2.36. The zero-order valence-corrected chi connectivity index (χ0v) is 13.2. The maximum Gasteiger partial charge on any atom is 0.302 e. The molecule has 0 aromatic carbocycles. The van der Waals surface area contributed by atoms with Crippen LogP contribution in [0.3, 0.4) is 0 Å². The van der Waals surface area contributed by atoms with Crippen LogP contribution in [0.5, 0.6) is 0 Å². The van der Waals surface area contributed by atoms with Crippen molar-refractivity contribution in [1.29, 1.82) is 0 Å². The Labute approximate surface area is 121 Å². The van der Waals surface area contributed by atoms with E-state index in [1.165, 1.54) is 6.92 Å². The first kappa shape index (κ1) is 13.1. The second-order valence-corrected chi connectivity index (χ2v) is 8.45. The molecule has 4 fully saturated rings. The lowest BCUT2D eigenvalue weighted by Gasteiger charge is -2.49. The first-order valence-corrected chi connectivity index (χ1v) is 8.12. The smallest absolute Gasteiger partial charge is 0.302 e. The summed E-state index contributed by atoms with van der Waals surface area (Å²) in [4.78, 5) is 11.4. The van der Waals surface area contributed by atoms with Crippen molar-refractivity contribution in [1.82, 2.24) is 0 Å². The van der Waals surface area contributed by atoms with E-state index in [9.17, 15) is 4.79 Å². The quantitative estimate of drug-likeness (QED) is 0.692. The van der Waals surface area contributed by atoms with Crippen molar-refractivity contribution >= 4 is 5.97 Å². The zero-order chi connectivity index (χ0) is 14.4. The van der Waals surface area contributed by atoms with E-state index in [4.69, 9.17) is 9.47 Å². The van der Waals surface area contributed by atoms with Crippen LogP contribution in [-0.4, -0.2) is 23.3 Å². The Hall–Kier alpha value is -0.570. The predicted molar refractivity (Wildman–Crippen MR) is 75.0 cm³/mol. The van der Waals surface area contributed by atoms with E-state index in [1.54, 1.807) is 0 Å². The molecule has 2 bridgehead atoms. The van der Waals surface area contributed by atoms with Crippen LogP contribution in [0.1, 0.15) is 47.5 Å². The first-order chi connectivity index (χ1) is 9.24. The second-order valence-electron chi connectivity index (χ2n) is 8.45. The zero-order valence-electron chi connectivity index (χ0n) is 13.2. The molecule has 1 heterocycles. The fourth-order valence-corrected chi connectivity index (χ4v) is 6.58. The van der Waals surface area contributed by atoms with E-state index < -0.39 is 0 Å². The highest BCUT2D eigenvalue weighted by Gasteiger charge is 2.76. The number of fused-ring (bicyclic) bond motifs is 5. The summed E-state index contributed by atoms with van der Waals surface area (Å²) in [6, 6.07) is 0. The molecule has 0 radical (unpaired) electrons. The summed E-state index contributed by atoms with van der Waals surface area (Å²) < 4.78 is 12.3. The van der Waals surface area contributed by atoms with E-state index in [-0.39, 0.29) is 23.3 Å². The van der Waals surface area contributed by atoms with Gasteiger partial charge in [-0.3, -0.25) is 4.79 Å². The van der Waals surface area contributed by atoms with Gasteiger partial charge in [-0.2, -0.15) is 0 Å². The van der Waals surface area contributed by atoms with E-state index in [1.807, 2.05) is 0 Å². The van der Waals surface area contributed by atoms with Crippen molar-refractivity contribution < 1.29 is 14.3 Å². The Morgan fingerprint density at radius 1 is 1.20 bits per heavy atom. The van der Waals surface area contributed by atoms with Gasteiger partial charge in [-0.15, -0.1) is 0 Å². The Balaban J connectivity index is 1.73. The van der Waals surface area contributed by atoms with Gasteiger partial charge in [-0.1, -0.05) is 6.92 Å². The number of rotatable bonds is 1. The van der Waals surface area contributed by atoms with Gasteiger partial charge >= 0.3 is 5.97 Å². The van der Waals surface area contributed by atoms with E-state index in [0.717, 1.165) is 30.6 Å². The first-order valence-electron chi connectivity index (χ1n) is 8.12. The molecule has 1 saturated heterocycles. The molecular formula is C17H26O3. The average molecular weight is 278 g/mol. The van der Waals surface area contributed by atoms with Crippen LogP contribution in [0, 0.1) is 35.5 Å². The Morgan fingerprint density at radius 2 is 1.90 bits per heavy atom. The fourth-order valence-electron chi connectivity index (χ4n) is 6.58. The monoisotopic (exact) mass is 278 g/mol. The van der Waals surface area contributed by atoms with Crippen LogP contribution in [0.4, 0.5) is 0 Å². The topological polar surface area (TPSA) is 35.5 Å². The van der Waals surface area contributed by atoms with Crippen LogP contribution in [-0.2, 0) is 14.3 Å². The minimum Gasteiger partial charge on any atom is -0.462 e. The van der Waals surface area contributed by atoms with E-state index >= 15 is 0 Å². The lowest BCUT2D eigenvalue weighted by Crippen LogP contribution is -2.53. The molecule has 112 valence electrons. The number of hydrogen-bond donors (Lipinski definition) is 0. The third-order valence-corrected chi connectivity index (χ3v) is 6.71. The molecular weight excluding hydrogens is 252 g/mol. The number of carbonyl (C=O) groups excluding carboxylic acids is 1. The van der Waals surface area contributed by atoms with Crippen molar-refractivity contribution in [3.8, 4) is 0 Å². The molecule has 0 N–H and O–H groups in total. The maximum atomic E-state index is 11.4. The Bertz CT molecular complexity index is 471. The number of esters is 1. The molecule has 3 nitrogen and oxygen atoms in total. The van der Waals surface area contributed by atoms with Crippen LogP contribution in [0.2, 0.25) is 0 Å². The van der Waals surface area contributed by atoms with Crippen LogP contribution in [0.25, 0.3) is 0 Å². The third kappa shape index (κ3) is 1.48. The van der Waals surface area contributed by atoms with Crippen LogP contribution in [0.15, 0.2) is 0 Å². The minimum absolute atomic E-state index is 0.00678. The van der Waals surface area contributed by atoms with Crippen molar-refractivity contribution in [3.05, 3.63) is 0 Å². The molecule has 3 aliphatic carbocycles. The molecule has 1 aliphatic heterocycles. The third-order valence-electron chi connectivity index (χ3n) is 6.71. The molecule has 0 aromatic rings. The predicted octanol–water partition coefficient (Wildman–Crippen LogP) is 3.02. The van der Waals surface area contributed by atoms with Gasteiger partial charge in [0.15, 0.2) is 0 Å². The molecule has 3 saturated carbocycles. The lowest BCUT2D eigenvalue weighted by molar-refractivity contribution is -0.213. The van der Waals surface area contributed by atoms with Gasteiger partial charge in [0.05, 0.1) is 11.2 Å². The molecule has 8 atom stereocenters. The van der Waals surface area contributed by atoms with Gasteiger partial charge in [0.1, 0.15) is 6.10 Å². The molecule has 0 aromatic heterocycles. The molecule has 0 unspecified atom stereocenters. The lowest BCUT2D eigenvalue weighted by atomic mass is 9.69. The molecule has 0 spiro atoms. The van der Waals surface area contributed by atoms with Crippen molar-refractivity contribution in [2.75, 3.05) is 0 Å². The highest BCUT2D eigenvalue weighted by molar-refractivity contribution is 5.66. The number of carbonyl (C=O) groups is 1. The molecule has 0 amide bonds. The summed E-state index contributed by atoms with van der Waals surface area (Å²) >= 11 is 0. The number of ether oxygens (including phenoxy) is 2. The van der Waals surface area contributed by atoms with Gasteiger partial charge < -0.3 is 9.47 Å². The maximum absolute atomic E-state index is 11.4. The normalized spacial score (nSPS) is 58.0. The van der Waals surface area contributed by atoms with Crippen LogP contribution >= 0.6 is 0 Å². The Morgan fingerprint density at radius 3 is 2.55 bits per heavy atom. The van der Waals surface area contributed by atoms with Gasteiger partial charge in [-0.25, -0.2) is 0 Å². The summed E-state index contributed by atoms with van der Waals surface area (Å²) in [6.07, 6.45) is 2.25. The van der Waals surface area contributed by atoms with Gasteiger partial charge in [0.2, 0.25) is 0 Å². The van der Waals surface area contributed by atoms with Gasteiger partial charge in [0, 0.05) is 12.8 Å². The van der Waals surface area contributed by atoms with E-state index in [0.29, 0.717) is 17.8 Å². The van der Waals surface area contributed by atoms with Gasteiger partial charge in [-0.05, 0) is 63.2 Å². The molecule has 4 aliphatic rings. The molecule has 20 heavy (non-hydrogen) atoms. The minimum atomic E-state index is -0.141. The second kappa shape index (κ2) is 3.60. The van der Waals surface area contributed by atoms with Crippen LogP contribution < -0.4 is 0 Å². The molecule has 3 heteroatoms. The fraction of sp³-hybridized carbons (Fsp3) is 0.941. The molecule has 4 rings (SSSR count). The number of hydrogen-bond acceptors (Lipinski definition) is 3. The summed E-state index contributed by atoms with van der Waals surface area (Å²) in [6.45, 7) is 10.7. The van der Waals surface area contributed by atoms with Crippen molar-refractivity contribution in [2.24, 2.45) is 35.5 Å². The SMILES string of the molecule is CC(=O)O[C@@H]1C[C@@H](C)[C@H]2[C@H]3[C@H]4C[C@@](C)(OC(C)(C)[C@H]43)[C@@H]21. The highest BCUT2D eigenvalue weighted by atomic mass is 16.6. The standard InChI is InChI=1S/C17H26O3/c1-8-6-11(19-9(2)18)15-12(8)13-10-7-17(15,5)20-16(3,4)14(10)13/h8,10-15H,6-7H2,1-5H3/t8-,10-,11-,12+,13-,14-,15-,17-/m1/s1. The summed E-state index contributed by atoms with van der Waals surface area (Å²) in [5.41, 5.74) is -0.111. The summed E-state index contributed by atoms with van der Waals surface area (Å²) in [5, 5.41) is 0. The van der Waals surface area contributed by atoms with Crippen molar-refractivity contribution in [2.45, 2.75) is 64.8 Å². The summed E-state index contributed by atoms with van der Waals surface area (Å²) in [7, 11) is 0. The van der Waals surface area contributed by atoms with Gasteiger partial charge in [0.25, 0.3) is 0 Å². The highest BCUT2D eigenvalue weighted by Crippen LogP contribution is 2.74. The average Bonchev–Trinajstić information content (AvgIpc) is 2.90.